The van der Waals surface area contributed by atoms with Gasteiger partial charge in [-0.15, -0.1) is 0 Å². The number of fused-ring (bicyclic) bond motifs is 1. The van der Waals surface area contributed by atoms with E-state index >= 15 is 0 Å². The lowest BCUT2D eigenvalue weighted by Crippen LogP contribution is -2.56. The maximum Gasteiger partial charge on any atom is 0.333 e. The van der Waals surface area contributed by atoms with Gasteiger partial charge in [-0.05, 0) is 57.1 Å². The van der Waals surface area contributed by atoms with Crippen molar-refractivity contribution in [1.29, 1.82) is 0 Å². The van der Waals surface area contributed by atoms with Crippen LogP contribution in [-0.2, 0) is 0 Å². The molecule has 4 rings (SSSR count). The molecular weight excluding hydrogens is 326 g/mol. The number of carbonyl (C=O) groups is 1. The Morgan fingerprint density at radius 1 is 1.12 bits per heavy atom. The summed E-state index contributed by atoms with van der Waals surface area (Å²) in [5.41, 5.74) is 0.138. The quantitative estimate of drug-likeness (QED) is 0.836. The molecule has 0 radical (unpaired) electrons. The number of nitrogens with zero attached hydrogens (tertiary/aromatic N) is 4. The zero-order chi connectivity index (χ0) is 17.4. The molecule has 0 N–H and O–H groups in total. The molecule has 1 amide bonds. The Bertz CT molecular complexity index is 616. The molecule has 3 fully saturated rings. The number of amides is 1. The molecule has 7 heteroatoms. The highest BCUT2D eigenvalue weighted by Crippen LogP contribution is 2.35. The van der Waals surface area contributed by atoms with E-state index in [0.29, 0.717) is 17.3 Å². The maximum atomic E-state index is 12.9. The minimum absolute atomic E-state index is 0.138. The molecule has 2 saturated heterocycles. The number of carbonyl (C=O) groups excluding carboxylic acids is 1. The normalized spacial score (nSPS) is 28.0. The van der Waals surface area contributed by atoms with Crippen molar-refractivity contribution in [3.05, 3.63) is 18.0 Å². The Hall–Kier alpha value is -1.50. The van der Waals surface area contributed by atoms with Crippen LogP contribution in [0.1, 0.15) is 62.0 Å². The van der Waals surface area contributed by atoms with Gasteiger partial charge in [0.1, 0.15) is 0 Å². The Labute approximate surface area is 147 Å². The van der Waals surface area contributed by atoms with Crippen molar-refractivity contribution in [1.82, 2.24) is 19.6 Å². The Balaban J connectivity index is 1.52. The van der Waals surface area contributed by atoms with Crippen molar-refractivity contribution in [2.75, 3.05) is 19.6 Å². The van der Waals surface area contributed by atoms with Crippen LogP contribution in [0.2, 0.25) is 0 Å². The van der Waals surface area contributed by atoms with Gasteiger partial charge in [-0.25, -0.2) is 4.68 Å². The molecule has 138 valence electrons. The van der Waals surface area contributed by atoms with Crippen LogP contribution >= 0.6 is 0 Å². The summed E-state index contributed by atoms with van der Waals surface area (Å²) in [7, 11) is 0. The van der Waals surface area contributed by atoms with Gasteiger partial charge < -0.3 is 4.90 Å². The first-order valence-electron chi connectivity index (χ1n) is 9.52. The first-order valence-corrected chi connectivity index (χ1v) is 9.52. The average molecular weight is 352 g/mol. The lowest BCUT2D eigenvalue weighted by Gasteiger charge is -2.44. The number of hydrogen-bond acceptors (Lipinski definition) is 3. The minimum Gasteiger partial charge on any atom is -0.333 e. The zero-order valence-corrected chi connectivity index (χ0v) is 14.5. The Morgan fingerprint density at radius 2 is 1.92 bits per heavy atom. The second-order valence-corrected chi connectivity index (χ2v) is 7.67. The molecule has 0 aromatic carbocycles. The summed E-state index contributed by atoms with van der Waals surface area (Å²) in [4.78, 5) is 17.4. The van der Waals surface area contributed by atoms with Crippen molar-refractivity contribution >= 4 is 5.91 Å². The fraction of sp³-hybridized carbons (Fsp3) is 0.778. The summed E-state index contributed by atoms with van der Waals surface area (Å²) >= 11 is 0. The summed E-state index contributed by atoms with van der Waals surface area (Å²) in [6, 6.07) is 2.02. The first-order chi connectivity index (χ1) is 12.1. The number of hydrogen-bond donors (Lipinski definition) is 0. The van der Waals surface area contributed by atoms with Crippen LogP contribution in [-0.4, -0.2) is 57.2 Å². The largest absolute Gasteiger partial charge is 0.333 e. The van der Waals surface area contributed by atoms with Crippen molar-refractivity contribution in [2.45, 2.75) is 63.6 Å². The molecule has 1 aliphatic carbocycles. The van der Waals surface area contributed by atoms with E-state index in [9.17, 15) is 13.6 Å². The third-order valence-electron chi connectivity index (χ3n) is 5.89. The predicted octanol–water partition coefficient (Wildman–Crippen LogP) is 3.15. The third kappa shape index (κ3) is 3.57. The molecule has 0 spiro atoms. The molecule has 1 aromatic rings. The highest BCUT2D eigenvalue weighted by Gasteiger charge is 2.40. The molecule has 2 aliphatic heterocycles. The third-order valence-corrected chi connectivity index (χ3v) is 5.89. The topological polar surface area (TPSA) is 41.4 Å². The lowest BCUT2D eigenvalue weighted by molar-refractivity contribution is 0.0313. The van der Waals surface area contributed by atoms with E-state index in [1.807, 2.05) is 4.90 Å². The fourth-order valence-electron chi connectivity index (χ4n) is 4.46. The van der Waals surface area contributed by atoms with Crippen LogP contribution < -0.4 is 0 Å². The van der Waals surface area contributed by atoms with Gasteiger partial charge in [-0.3, -0.25) is 9.69 Å². The van der Waals surface area contributed by atoms with Crippen molar-refractivity contribution < 1.29 is 13.6 Å². The summed E-state index contributed by atoms with van der Waals surface area (Å²) in [6.45, 7) is 0.282. The van der Waals surface area contributed by atoms with E-state index in [-0.39, 0.29) is 17.6 Å². The van der Waals surface area contributed by atoms with Gasteiger partial charge in [0, 0.05) is 31.4 Å². The van der Waals surface area contributed by atoms with Gasteiger partial charge >= 0.3 is 6.55 Å². The summed E-state index contributed by atoms with van der Waals surface area (Å²) < 4.78 is 26.1. The maximum absolute atomic E-state index is 12.9. The second kappa shape index (κ2) is 7.02. The Morgan fingerprint density at radius 3 is 2.64 bits per heavy atom. The van der Waals surface area contributed by atoms with Gasteiger partial charge in [-0.1, -0.05) is 6.42 Å². The molecule has 2 atom stereocenters. The van der Waals surface area contributed by atoms with E-state index in [2.05, 4.69) is 10.00 Å². The summed E-state index contributed by atoms with van der Waals surface area (Å²) in [6.07, 6.45) is 9.28. The zero-order valence-electron chi connectivity index (χ0n) is 14.5. The van der Waals surface area contributed by atoms with E-state index in [4.69, 9.17) is 0 Å². The minimum atomic E-state index is -2.71. The molecule has 3 heterocycles. The molecule has 5 nitrogen and oxygen atoms in total. The lowest BCUT2D eigenvalue weighted by atomic mass is 9.92. The fourth-order valence-corrected chi connectivity index (χ4v) is 4.46. The van der Waals surface area contributed by atoms with Crippen LogP contribution in [0.5, 0.6) is 0 Å². The number of likely N-dealkylation sites (tertiary alicyclic amines) is 2. The van der Waals surface area contributed by atoms with Gasteiger partial charge in [-0.2, -0.15) is 13.9 Å². The first kappa shape index (κ1) is 16.9. The van der Waals surface area contributed by atoms with Crippen LogP contribution in [0.15, 0.2) is 12.3 Å². The van der Waals surface area contributed by atoms with Crippen molar-refractivity contribution in [3.8, 4) is 0 Å². The number of rotatable bonds is 4. The van der Waals surface area contributed by atoms with Crippen LogP contribution in [0, 0.1) is 5.92 Å². The summed E-state index contributed by atoms with van der Waals surface area (Å²) in [5.74, 6) is 0.647. The number of halogens is 2. The number of aromatic nitrogens is 2. The highest BCUT2D eigenvalue weighted by molar-refractivity contribution is 5.92. The number of piperidine rings is 1. The Kier molecular flexibility index (Phi) is 4.75. The molecule has 1 aromatic heterocycles. The van der Waals surface area contributed by atoms with Gasteiger partial charge in [0.05, 0.1) is 0 Å². The second-order valence-electron chi connectivity index (χ2n) is 7.67. The van der Waals surface area contributed by atoms with Crippen LogP contribution in [0.3, 0.4) is 0 Å². The summed E-state index contributed by atoms with van der Waals surface area (Å²) in [5, 5.41) is 3.79. The van der Waals surface area contributed by atoms with E-state index < -0.39 is 6.55 Å². The molecule has 0 bridgehead atoms. The average Bonchev–Trinajstić information content (AvgIpc) is 3.33. The smallest absolute Gasteiger partial charge is 0.333 e. The predicted molar refractivity (Wildman–Crippen MR) is 89.5 cm³/mol. The highest BCUT2D eigenvalue weighted by atomic mass is 19.3. The van der Waals surface area contributed by atoms with E-state index in [1.165, 1.54) is 31.5 Å². The van der Waals surface area contributed by atoms with Crippen LogP contribution in [0.25, 0.3) is 0 Å². The van der Waals surface area contributed by atoms with Crippen molar-refractivity contribution in [2.24, 2.45) is 5.92 Å². The molecule has 25 heavy (non-hydrogen) atoms. The standard InChI is InChI=1S/C18H26F2N4O/c19-18(20)24-11-8-14(21-24)17(25)23-10-3-5-15-16(23)4-1-2-9-22(15)12-13-6-7-13/h8,11,13,15-16,18H,1-7,9-10,12H2/t15-,16-/m1/s1. The van der Waals surface area contributed by atoms with Gasteiger partial charge in [0.2, 0.25) is 0 Å². The van der Waals surface area contributed by atoms with Gasteiger partial charge in [0.15, 0.2) is 5.69 Å². The SMILES string of the molecule is O=C(c1ccn(C(F)F)n1)N1CCC[C@@H]2[C@H]1CCCCN2CC1CC1. The van der Waals surface area contributed by atoms with Gasteiger partial charge in [0.25, 0.3) is 5.91 Å². The van der Waals surface area contributed by atoms with E-state index in [0.717, 1.165) is 44.7 Å². The monoisotopic (exact) mass is 352 g/mol. The van der Waals surface area contributed by atoms with Crippen LogP contribution in [0.4, 0.5) is 8.78 Å². The molecule has 1 saturated carbocycles. The number of alkyl halides is 2. The molecular formula is C18H26F2N4O. The van der Waals surface area contributed by atoms with E-state index in [1.54, 1.807) is 0 Å². The molecule has 3 aliphatic rings. The molecule has 0 unspecified atom stereocenters. The van der Waals surface area contributed by atoms with Crippen molar-refractivity contribution in [3.63, 3.8) is 0 Å².